The fourth-order valence-electron chi connectivity index (χ4n) is 3.55. The number of hydrogen-bond donors (Lipinski definition) is 1. The van der Waals surface area contributed by atoms with E-state index < -0.39 is 5.97 Å². The van der Waals surface area contributed by atoms with Crippen molar-refractivity contribution in [1.29, 1.82) is 0 Å². The lowest BCUT2D eigenvalue weighted by Gasteiger charge is -2.25. The number of carbonyl (C=O) groups is 1. The van der Waals surface area contributed by atoms with Gasteiger partial charge in [0, 0.05) is 17.2 Å². The lowest BCUT2D eigenvalue weighted by molar-refractivity contribution is 0.0692. The molecule has 1 saturated heterocycles. The van der Waals surface area contributed by atoms with E-state index in [1.54, 1.807) is 0 Å². The molecule has 30 heavy (non-hydrogen) atoms. The van der Waals surface area contributed by atoms with Gasteiger partial charge >= 0.3 is 5.97 Å². The molecule has 1 aromatic heterocycles. The molecule has 0 saturated carbocycles. The van der Waals surface area contributed by atoms with Gasteiger partial charge < -0.3 is 14.7 Å². The van der Waals surface area contributed by atoms with Crippen molar-refractivity contribution in [1.82, 2.24) is 9.97 Å². The van der Waals surface area contributed by atoms with Gasteiger partial charge in [-0.05, 0) is 54.8 Å². The Kier molecular flexibility index (Phi) is 5.94. The third-order valence-corrected chi connectivity index (χ3v) is 5.57. The van der Waals surface area contributed by atoms with Crippen LogP contribution in [0.5, 0.6) is 5.75 Å². The highest BCUT2D eigenvalue weighted by molar-refractivity contribution is 9.10. The second-order valence-electron chi connectivity index (χ2n) is 6.98. The molecule has 0 aliphatic carbocycles. The van der Waals surface area contributed by atoms with E-state index in [4.69, 9.17) is 4.74 Å². The van der Waals surface area contributed by atoms with E-state index in [9.17, 15) is 14.3 Å². The van der Waals surface area contributed by atoms with Crippen LogP contribution in [0.4, 0.5) is 10.3 Å². The van der Waals surface area contributed by atoms with Gasteiger partial charge in [-0.3, -0.25) is 0 Å². The van der Waals surface area contributed by atoms with Crippen molar-refractivity contribution in [2.24, 2.45) is 0 Å². The third-order valence-electron chi connectivity index (χ3n) is 5.04. The molecule has 1 atom stereocenters. The van der Waals surface area contributed by atoms with Gasteiger partial charge in [0.2, 0.25) is 5.95 Å². The highest BCUT2D eigenvalue weighted by atomic mass is 79.9. The molecular weight excluding hydrogens is 453 g/mol. The van der Waals surface area contributed by atoms with Crippen molar-refractivity contribution in [2.75, 3.05) is 11.4 Å². The normalized spacial score (nSPS) is 15.9. The Morgan fingerprint density at radius 1 is 1.20 bits per heavy atom. The van der Waals surface area contributed by atoms with Crippen LogP contribution in [0.1, 0.15) is 40.5 Å². The van der Waals surface area contributed by atoms with E-state index >= 15 is 0 Å². The molecule has 1 aliphatic heterocycles. The van der Waals surface area contributed by atoms with E-state index in [0.717, 1.165) is 29.4 Å². The molecule has 1 N–H and O–H groups in total. The molecule has 0 radical (unpaired) electrons. The van der Waals surface area contributed by atoms with Gasteiger partial charge in [-0.25, -0.2) is 19.2 Å². The average Bonchev–Trinajstić information content (AvgIpc) is 3.23. The summed E-state index contributed by atoms with van der Waals surface area (Å²) in [5, 5.41) is 9.51. The first-order valence-electron chi connectivity index (χ1n) is 9.51. The number of hydrogen-bond acceptors (Lipinski definition) is 5. The number of benzene rings is 2. The first kappa shape index (κ1) is 20.3. The second-order valence-corrected chi connectivity index (χ2v) is 7.90. The summed E-state index contributed by atoms with van der Waals surface area (Å²) in [6.45, 7) is 0.727. The van der Waals surface area contributed by atoms with Crippen LogP contribution in [0, 0.1) is 5.82 Å². The number of aromatic carboxylic acids is 1. The molecule has 2 heterocycles. The van der Waals surface area contributed by atoms with Crippen LogP contribution >= 0.6 is 15.9 Å². The predicted molar refractivity (Wildman–Crippen MR) is 113 cm³/mol. The summed E-state index contributed by atoms with van der Waals surface area (Å²) in [4.78, 5) is 22.6. The Morgan fingerprint density at radius 3 is 2.63 bits per heavy atom. The molecule has 1 fully saturated rings. The minimum Gasteiger partial charge on any atom is -0.487 e. The van der Waals surface area contributed by atoms with Crippen LogP contribution in [0.2, 0.25) is 0 Å². The monoisotopic (exact) mass is 471 g/mol. The second kappa shape index (κ2) is 8.79. The Labute approximate surface area is 181 Å². The Hall–Kier alpha value is -3.00. The van der Waals surface area contributed by atoms with Gasteiger partial charge in [0.25, 0.3) is 0 Å². The van der Waals surface area contributed by atoms with E-state index in [1.807, 2.05) is 12.1 Å². The number of nitrogens with zero attached hydrogens (tertiary/aromatic N) is 3. The largest absolute Gasteiger partial charge is 0.487 e. The number of anilines is 1. The molecule has 154 valence electrons. The first-order valence-corrected chi connectivity index (χ1v) is 10.3. The van der Waals surface area contributed by atoms with Crippen molar-refractivity contribution in [2.45, 2.75) is 25.5 Å². The zero-order valence-electron chi connectivity index (χ0n) is 16.0. The highest BCUT2D eigenvalue weighted by Crippen LogP contribution is 2.35. The smallest absolute Gasteiger partial charge is 0.339 e. The molecule has 0 unspecified atom stereocenters. The van der Waals surface area contributed by atoms with Gasteiger partial charge in [-0.2, -0.15) is 0 Å². The average molecular weight is 472 g/mol. The number of ether oxygens (including phenoxy) is 1. The topological polar surface area (TPSA) is 75.5 Å². The summed E-state index contributed by atoms with van der Waals surface area (Å²) in [5.41, 5.74) is 1.42. The molecular formula is C22H19BrFN3O3. The molecule has 8 heteroatoms. The predicted octanol–water partition coefficient (Wildman–Crippen LogP) is 5.00. The quantitative estimate of drug-likeness (QED) is 0.545. The molecule has 0 bridgehead atoms. The maximum atomic E-state index is 13.1. The summed E-state index contributed by atoms with van der Waals surface area (Å²) in [6, 6.07) is 13.8. The minimum atomic E-state index is -1.12. The summed E-state index contributed by atoms with van der Waals surface area (Å²) >= 11 is 3.46. The Morgan fingerprint density at radius 2 is 1.93 bits per heavy atom. The maximum absolute atomic E-state index is 13.1. The van der Waals surface area contributed by atoms with Crippen LogP contribution in [0.3, 0.4) is 0 Å². The van der Waals surface area contributed by atoms with Crippen LogP contribution in [0.15, 0.2) is 59.2 Å². The van der Waals surface area contributed by atoms with Gasteiger partial charge in [0.1, 0.15) is 23.7 Å². The highest BCUT2D eigenvalue weighted by Gasteiger charge is 2.29. The number of halogens is 2. The first-order chi connectivity index (χ1) is 14.5. The van der Waals surface area contributed by atoms with Crippen molar-refractivity contribution < 1.29 is 19.0 Å². The van der Waals surface area contributed by atoms with E-state index in [0.29, 0.717) is 11.7 Å². The fourth-order valence-corrected chi connectivity index (χ4v) is 3.82. The molecule has 6 nitrogen and oxygen atoms in total. The van der Waals surface area contributed by atoms with Gasteiger partial charge in [-0.1, -0.05) is 28.1 Å². The van der Waals surface area contributed by atoms with Crippen LogP contribution < -0.4 is 9.64 Å². The zero-order valence-corrected chi connectivity index (χ0v) is 17.5. The minimum absolute atomic E-state index is 0.0137. The van der Waals surface area contributed by atoms with Crippen LogP contribution in [-0.4, -0.2) is 27.6 Å². The summed E-state index contributed by atoms with van der Waals surface area (Å²) in [5.74, 6) is -0.582. The van der Waals surface area contributed by atoms with Crippen molar-refractivity contribution in [3.8, 4) is 5.75 Å². The summed E-state index contributed by atoms with van der Waals surface area (Å²) in [6.07, 6.45) is 3.28. The SMILES string of the molecule is O=C(O)c1cnc(N2CCC[C@H]2c2ccc(Br)cc2)nc1COc1ccc(F)cc1. The zero-order chi connectivity index (χ0) is 21.1. The molecule has 4 rings (SSSR count). The number of carboxylic acids is 1. The summed E-state index contributed by atoms with van der Waals surface area (Å²) < 4.78 is 19.7. The maximum Gasteiger partial charge on any atom is 0.339 e. The van der Waals surface area contributed by atoms with Crippen molar-refractivity contribution in [3.63, 3.8) is 0 Å². The Bertz CT molecular complexity index is 1040. The lowest BCUT2D eigenvalue weighted by atomic mass is 10.1. The molecule has 2 aromatic carbocycles. The standard InChI is InChI=1S/C22H19BrFN3O3/c23-15-5-3-14(4-6-15)20-2-1-11-27(20)22-25-12-18(21(28)29)19(26-22)13-30-17-9-7-16(24)8-10-17/h3-10,12,20H,1-2,11,13H2,(H,28,29)/t20-/m0/s1. The van der Waals surface area contributed by atoms with E-state index in [2.05, 4.69) is 42.9 Å². The van der Waals surface area contributed by atoms with Crippen molar-refractivity contribution in [3.05, 3.63) is 81.8 Å². The van der Waals surface area contributed by atoms with Crippen LogP contribution in [-0.2, 0) is 6.61 Å². The van der Waals surface area contributed by atoms with Gasteiger partial charge in [0.15, 0.2) is 0 Å². The molecule has 3 aromatic rings. The fraction of sp³-hybridized carbons (Fsp3) is 0.227. The number of carboxylic acid groups (broad SMARTS) is 1. The van der Waals surface area contributed by atoms with Crippen LogP contribution in [0.25, 0.3) is 0 Å². The molecule has 0 amide bonds. The third kappa shape index (κ3) is 4.43. The molecule has 0 spiro atoms. The van der Waals surface area contributed by atoms with E-state index in [-0.39, 0.29) is 29.7 Å². The number of rotatable bonds is 6. The molecule has 1 aliphatic rings. The Balaban J connectivity index is 1.60. The van der Waals surface area contributed by atoms with Crippen molar-refractivity contribution >= 4 is 27.8 Å². The van der Waals surface area contributed by atoms with Gasteiger partial charge in [0.05, 0.1) is 11.7 Å². The lowest BCUT2D eigenvalue weighted by Crippen LogP contribution is -2.26. The van der Waals surface area contributed by atoms with E-state index in [1.165, 1.54) is 30.5 Å². The summed E-state index contributed by atoms with van der Waals surface area (Å²) in [7, 11) is 0. The van der Waals surface area contributed by atoms with Gasteiger partial charge in [-0.15, -0.1) is 0 Å². The number of aromatic nitrogens is 2.